The first-order valence-corrected chi connectivity index (χ1v) is 20.1. The predicted octanol–water partition coefficient (Wildman–Crippen LogP) is 4.62. The first kappa shape index (κ1) is 39.8. The van der Waals surface area contributed by atoms with Crippen molar-refractivity contribution < 1.29 is 37.1 Å². The van der Waals surface area contributed by atoms with Crippen LogP contribution in [0.5, 0.6) is 5.75 Å². The molecular weight excluding hydrogens is 725 g/mol. The number of carbonyl (C=O) groups excluding carboxylic acids is 4. The Morgan fingerprint density at radius 1 is 1.05 bits per heavy atom. The number of likely N-dealkylation sites (tertiary alicyclic amines) is 1. The zero-order valence-electron chi connectivity index (χ0n) is 32.5. The Kier molecular flexibility index (Phi) is 10.3. The summed E-state index contributed by atoms with van der Waals surface area (Å²) in [5, 5.41) is 5.59. The Morgan fingerprint density at radius 2 is 1.75 bits per heavy atom. The highest BCUT2D eigenvalue weighted by Crippen LogP contribution is 2.54. The maximum Gasteiger partial charge on any atom is 0.408 e. The van der Waals surface area contributed by atoms with E-state index >= 15 is 0 Å². The van der Waals surface area contributed by atoms with Crippen molar-refractivity contribution in [2.45, 2.75) is 103 Å². The summed E-state index contributed by atoms with van der Waals surface area (Å²) in [4.78, 5) is 61.1. The minimum atomic E-state index is -3.91. The van der Waals surface area contributed by atoms with Crippen molar-refractivity contribution in [3.8, 4) is 11.4 Å². The fourth-order valence-corrected chi connectivity index (χ4v) is 8.34. The molecule has 2 aliphatic carbocycles. The highest BCUT2D eigenvalue weighted by atomic mass is 32.2. The van der Waals surface area contributed by atoms with Crippen LogP contribution in [0, 0.1) is 16.7 Å². The average molecular weight is 777 g/mol. The van der Waals surface area contributed by atoms with Gasteiger partial charge < -0.3 is 25.0 Å². The van der Waals surface area contributed by atoms with Gasteiger partial charge in [-0.1, -0.05) is 45.0 Å². The molecule has 1 saturated heterocycles. The summed E-state index contributed by atoms with van der Waals surface area (Å²) < 4.78 is 41.1. The van der Waals surface area contributed by atoms with Crippen LogP contribution in [0.15, 0.2) is 67.5 Å². The number of para-hydroxylation sites is 1. The number of benzene rings is 2. The Labute approximate surface area is 322 Å². The molecule has 296 valence electrons. The van der Waals surface area contributed by atoms with Crippen LogP contribution in [0.2, 0.25) is 0 Å². The molecule has 2 saturated carbocycles. The van der Waals surface area contributed by atoms with Gasteiger partial charge in [0.2, 0.25) is 27.7 Å². The van der Waals surface area contributed by atoms with Gasteiger partial charge in [0.25, 0.3) is 0 Å². The zero-order chi connectivity index (χ0) is 40.1. The molecule has 3 aliphatic rings. The van der Waals surface area contributed by atoms with E-state index in [4.69, 9.17) is 9.47 Å². The smallest absolute Gasteiger partial charge is 0.408 e. The first-order chi connectivity index (χ1) is 25.7. The number of sulfonamides is 1. The molecule has 0 radical (unpaired) electrons. The number of hydrogen-bond donors (Lipinski definition) is 3. The van der Waals surface area contributed by atoms with Crippen molar-refractivity contribution in [3.63, 3.8) is 0 Å². The number of ether oxygens (including phenoxy) is 2. The number of allylic oxidation sites excluding steroid dienone is 1. The lowest BCUT2D eigenvalue weighted by Gasteiger charge is -2.35. The van der Waals surface area contributed by atoms with Crippen molar-refractivity contribution in [2.24, 2.45) is 16.7 Å². The van der Waals surface area contributed by atoms with Gasteiger partial charge in [-0.2, -0.15) is 0 Å². The van der Waals surface area contributed by atoms with Crippen LogP contribution in [0.4, 0.5) is 4.79 Å². The third kappa shape index (κ3) is 8.36. The van der Waals surface area contributed by atoms with Crippen LogP contribution < -0.4 is 20.1 Å². The number of alkyl carbamates (subject to hydrolysis) is 1. The van der Waals surface area contributed by atoms with E-state index in [1.165, 1.54) is 4.90 Å². The molecule has 3 aromatic rings. The topological polar surface area (TPSA) is 178 Å². The maximum absolute atomic E-state index is 14.5. The Bertz CT molecular complexity index is 2100. The third-order valence-electron chi connectivity index (χ3n) is 10.8. The molecule has 2 aromatic carbocycles. The van der Waals surface area contributed by atoms with E-state index in [2.05, 4.69) is 26.9 Å². The molecule has 14 nitrogen and oxygen atoms in total. The van der Waals surface area contributed by atoms with Gasteiger partial charge in [0.15, 0.2) is 0 Å². The van der Waals surface area contributed by atoms with Crippen molar-refractivity contribution in [2.75, 3.05) is 13.1 Å². The fraction of sp³-hybridized carbons (Fsp3) is 0.525. The summed E-state index contributed by atoms with van der Waals surface area (Å²) in [5.41, 5.74) is -0.323. The van der Waals surface area contributed by atoms with E-state index in [9.17, 15) is 27.6 Å². The molecule has 4 amide bonds. The summed E-state index contributed by atoms with van der Waals surface area (Å²) in [6, 6.07) is 13.1. The van der Waals surface area contributed by atoms with Crippen LogP contribution in [0.1, 0.15) is 74.1 Å². The van der Waals surface area contributed by atoms with Crippen molar-refractivity contribution in [1.82, 2.24) is 29.8 Å². The number of amides is 4. The molecule has 3 fully saturated rings. The first-order valence-electron chi connectivity index (χ1n) is 18.6. The lowest BCUT2D eigenvalue weighted by atomic mass is 9.85. The Balaban J connectivity index is 1.25. The Hall–Kier alpha value is -4.92. The maximum atomic E-state index is 14.5. The quantitative estimate of drug-likeness (QED) is 0.222. The number of rotatable bonds is 12. The summed E-state index contributed by atoms with van der Waals surface area (Å²) in [7, 11) is -3.91. The van der Waals surface area contributed by atoms with Gasteiger partial charge in [0.1, 0.15) is 35.9 Å². The SMILES string of the molecule is C=CC1CC1(CNC(=O)C1CC(Oc2ccc3ncn(-c4ccccc4)c3c2)CN1C(=O)C(NC(=O)OC(C)(C)C)C(C)(C)C)C(=O)NS(=O)(=O)C1(C)CC1. The molecule has 5 unspecified atom stereocenters. The monoisotopic (exact) mass is 776 g/mol. The van der Waals surface area contributed by atoms with Crippen LogP contribution >= 0.6 is 0 Å². The molecule has 3 N–H and O–H groups in total. The largest absolute Gasteiger partial charge is 0.488 e. The van der Waals surface area contributed by atoms with E-state index in [-0.39, 0.29) is 25.4 Å². The zero-order valence-corrected chi connectivity index (χ0v) is 33.4. The molecule has 0 spiro atoms. The second-order valence-electron chi connectivity index (χ2n) is 17.3. The second kappa shape index (κ2) is 14.3. The van der Waals surface area contributed by atoms with E-state index < -0.39 is 73.2 Å². The van der Waals surface area contributed by atoms with Crippen molar-refractivity contribution >= 4 is 44.9 Å². The lowest BCUT2D eigenvalue weighted by Crippen LogP contribution is -2.58. The fourth-order valence-electron chi connectivity index (χ4n) is 7.00. The van der Waals surface area contributed by atoms with Crippen LogP contribution in [-0.2, 0) is 29.1 Å². The second-order valence-corrected chi connectivity index (χ2v) is 19.5. The molecule has 15 heteroatoms. The van der Waals surface area contributed by atoms with Gasteiger partial charge in [-0.25, -0.2) is 18.2 Å². The van der Waals surface area contributed by atoms with Gasteiger partial charge in [0, 0.05) is 24.7 Å². The molecule has 55 heavy (non-hydrogen) atoms. The summed E-state index contributed by atoms with van der Waals surface area (Å²) in [6.45, 7) is 15.8. The lowest BCUT2D eigenvalue weighted by molar-refractivity contribution is -0.142. The third-order valence-corrected chi connectivity index (χ3v) is 12.9. The van der Waals surface area contributed by atoms with Gasteiger partial charge >= 0.3 is 6.09 Å². The number of carbonyl (C=O) groups is 4. The van der Waals surface area contributed by atoms with Crippen molar-refractivity contribution in [1.29, 1.82) is 0 Å². The normalized spacial score (nSPS) is 23.7. The predicted molar refractivity (Wildman–Crippen MR) is 207 cm³/mol. The van der Waals surface area contributed by atoms with E-state index in [1.807, 2.05) is 47.0 Å². The number of hydrogen-bond acceptors (Lipinski definition) is 9. The van der Waals surface area contributed by atoms with Gasteiger partial charge in [-0.15, -0.1) is 6.58 Å². The molecule has 5 atom stereocenters. The minimum Gasteiger partial charge on any atom is -0.488 e. The van der Waals surface area contributed by atoms with Crippen LogP contribution in [-0.4, -0.2) is 88.3 Å². The highest BCUT2D eigenvalue weighted by Gasteiger charge is 2.61. The van der Waals surface area contributed by atoms with E-state index in [1.54, 1.807) is 66.9 Å². The summed E-state index contributed by atoms with van der Waals surface area (Å²) in [6.07, 6.45) is 3.25. The molecule has 6 rings (SSSR count). The van der Waals surface area contributed by atoms with E-state index in [0.717, 1.165) is 16.7 Å². The highest BCUT2D eigenvalue weighted by molar-refractivity contribution is 7.91. The minimum absolute atomic E-state index is 0.0211. The molecular formula is C40H52N6O8S. The molecule has 2 heterocycles. The van der Waals surface area contributed by atoms with Crippen molar-refractivity contribution in [3.05, 3.63) is 67.5 Å². The Morgan fingerprint density at radius 3 is 2.35 bits per heavy atom. The summed E-state index contributed by atoms with van der Waals surface area (Å²) in [5.74, 6) is -1.58. The van der Waals surface area contributed by atoms with Gasteiger partial charge in [0.05, 0.1) is 27.7 Å². The van der Waals surface area contributed by atoms with Crippen LogP contribution in [0.25, 0.3) is 16.7 Å². The van der Waals surface area contributed by atoms with Gasteiger partial charge in [-0.3, -0.25) is 23.7 Å². The average Bonchev–Trinajstić information content (AvgIpc) is 3.93. The van der Waals surface area contributed by atoms with Crippen LogP contribution in [0.3, 0.4) is 0 Å². The number of fused-ring (bicyclic) bond motifs is 1. The summed E-state index contributed by atoms with van der Waals surface area (Å²) >= 11 is 0. The number of aromatic nitrogens is 2. The standard InChI is InChI=1S/C40H52N6O8S/c1-9-25-21-40(25,35(49)44-55(51,52)39(8)17-18-39)23-41-33(47)31-20-28(22-45(31)34(48)32(37(2,3)4)43-36(50)54-38(5,6)7)53-27-15-16-29-30(19-27)46(24-42-29)26-13-11-10-12-14-26/h9-16,19,24-25,28,31-32H,1,17-18,20-23H2,2-8H3,(H,41,47)(H,43,50)(H,44,49). The van der Waals surface area contributed by atoms with Gasteiger partial charge in [-0.05, 0) is 82.6 Å². The van der Waals surface area contributed by atoms with E-state index in [0.29, 0.717) is 25.0 Å². The number of nitrogens with one attached hydrogen (secondary N) is 3. The molecule has 1 aromatic heterocycles. The molecule has 1 aliphatic heterocycles. The molecule has 0 bridgehead atoms. The number of imidazole rings is 1. The number of nitrogens with zero attached hydrogens (tertiary/aromatic N) is 3.